The van der Waals surface area contributed by atoms with Crippen LogP contribution in [0.2, 0.25) is 0 Å². The molecule has 3 aromatic rings. The zero-order valence-corrected chi connectivity index (χ0v) is 14.9. The van der Waals surface area contributed by atoms with Gasteiger partial charge in [0, 0.05) is 25.1 Å². The van der Waals surface area contributed by atoms with Gasteiger partial charge in [-0.3, -0.25) is 4.79 Å². The number of para-hydroxylation sites is 1. The molecule has 27 heavy (non-hydrogen) atoms. The fraction of sp³-hybridized carbons (Fsp3) is 0.333. The minimum Gasteiger partial charge on any atom is -0.376 e. The fourth-order valence-electron chi connectivity index (χ4n) is 3.42. The Morgan fingerprint density at radius 1 is 1.19 bits per heavy atom. The molecule has 140 valence electrons. The second kappa shape index (κ2) is 7.88. The Hall–Kier alpha value is -2.73. The normalized spacial score (nSPS) is 16.7. The lowest BCUT2D eigenvalue weighted by Gasteiger charge is -2.25. The molecule has 1 aliphatic rings. The van der Waals surface area contributed by atoms with Gasteiger partial charge < -0.3 is 14.2 Å². The van der Waals surface area contributed by atoms with Gasteiger partial charge in [0.2, 0.25) is 5.91 Å². The zero-order chi connectivity index (χ0) is 18.6. The molecular formula is C21H21FN2O3. The van der Waals surface area contributed by atoms with E-state index in [4.69, 9.17) is 9.26 Å². The van der Waals surface area contributed by atoms with E-state index in [-0.39, 0.29) is 24.2 Å². The molecule has 1 saturated heterocycles. The molecule has 0 unspecified atom stereocenters. The fourth-order valence-corrected chi connectivity index (χ4v) is 3.42. The van der Waals surface area contributed by atoms with Gasteiger partial charge >= 0.3 is 0 Å². The second-order valence-electron chi connectivity index (χ2n) is 6.84. The van der Waals surface area contributed by atoms with Gasteiger partial charge in [-0.15, -0.1) is 0 Å². The summed E-state index contributed by atoms with van der Waals surface area (Å²) in [5.74, 6) is -0.335. The lowest BCUT2D eigenvalue weighted by atomic mass is 10.1. The number of fused-ring (bicyclic) bond motifs is 1. The smallest absolute Gasteiger partial charge is 0.229 e. The Bertz CT molecular complexity index is 917. The lowest BCUT2D eigenvalue weighted by Crippen LogP contribution is -2.38. The second-order valence-corrected chi connectivity index (χ2v) is 6.84. The predicted octanol–water partition coefficient (Wildman–Crippen LogP) is 3.72. The summed E-state index contributed by atoms with van der Waals surface area (Å²) in [7, 11) is 0. The summed E-state index contributed by atoms with van der Waals surface area (Å²) in [5, 5.41) is 4.92. The Morgan fingerprint density at radius 3 is 2.78 bits per heavy atom. The molecule has 1 fully saturated rings. The first kappa shape index (κ1) is 17.7. The lowest BCUT2D eigenvalue weighted by molar-refractivity contribution is -0.132. The number of hydrogen-bond acceptors (Lipinski definition) is 4. The highest BCUT2D eigenvalue weighted by atomic mass is 19.1. The van der Waals surface area contributed by atoms with Crippen LogP contribution in [0, 0.1) is 5.82 Å². The van der Waals surface area contributed by atoms with Crippen LogP contribution in [0.3, 0.4) is 0 Å². The molecule has 2 aromatic carbocycles. The van der Waals surface area contributed by atoms with Crippen LogP contribution < -0.4 is 0 Å². The van der Waals surface area contributed by atoms with Crippen LogP contribution >= 0.6 is 0 Å². The van der Waals surface area contributed by atoms with Crippen LogP contribution in [0.25, 0.3) is 11.0 Å². The van der Waals surface area contributed by atoms with E-state index in [0.717, 1.165) is 30.4 Å². The monoisotopic (exact) mass is 368 g/mol. The summed E-state index contributed by atoms with van der Waals surface area (Å²) < 4.78 is 24.2. The van der Waals surface area contributed by atoms with Gasteiger partial charge in [-0.1, -0.05) is 29.4 Å². The van der Waals surface area contributed by atoms with Gasteiger partial charge in [-0.2, -0.15) is 0 Å². The van der Waals surface area contributed by atoms with Crippen molar-refractivity contribution in [3.8, 4) is 0 Å². The number of rotatable bonds is 6. The molecule has 0 saturated carbocycles. The molecule has 1 amide bonds. The minimum atomic E-state index is -0.287. The first-order valence-corrected chi connectivity index (χ1v) is 9.16. The van der Waals surface area contributed by atoms with Crippen LogP contribution in [0.1, 0.15) is 24.1 Å². The van der Waals surface area contributed by atoms with E-state index in [9.17, 15) is 9.18 Å². The molecule has 5 nitrogen and oxygen atoms in total. The van der Waals surface area contributed by atoms with Crippen molar-refractivity contribution in [1.29, 1.82) is 0 Å². The van der Waals surface area contributed by atoms with Crippen molar-refractivity contribution in [2.75, 3.05) is 13.2 Å². The van der Waals surface area contributed by atoms with Crippen molar-refractivity contribution in [2.45, 2.75) is 31.9 Å². The van der Waals surface area contributed by atoms with E-state index < -0.39 is 0 Å². The van der Waals surface area contributed by atoms with Gasteiger partial charge in [0.15, 0.2) is 5.58 Å². The minimum absolute atomic E-state index is 0.0449. The molecule has 1 aliphatic heterocycles. The topological polar surface area (TPSA) is 55.6 Å². The number of halogens is 1. The molecule has 0 radical (unpaired) electrons. The number of aromatic nitrogens is 1. The Balaban J connectivity index is 1.52. The highest BCUT2D eigenvalue weighted by molar-refractivity contribution is 5.86. The summed E-state index contributed by atoms with van der Waals surface area (Å²) in [6.45, 7) is 1.66. The number of ether oxygens (including phenoxy) is 1. The number of benzene rings is 2. The van der Waals surface area contributed by atoms with Crippen molar-refractivity contribution in [1.82, 2.24) is 10.1 Å². The third kappa shape index (κ3) is 4.17. The van der Waals surface area contributed by atoms with Gasteiger partial charge in [0.05, 0.1) is 12.5 Å². The number of hydrogen-bond donors (Lipinski definition) is 0. The number of carbonyl (C=O) groups excluding carboxylic acids is 1. The van der Waals surface area contributed by atoms with Crippen molar-refractivity contribution in [2.24, 2.45) is 0 Å². The molecule has 0 aliphatic carbocycles. The maximum Gasteiger partial charge on any atom is 0.229 e. The van der Waals surface area contributed by atoms with Gasteiger partial charge in [0.1, 0.15) is 11.5 Å². The van der Waals surface area contributed by atoms with Crippen LogP contribution in [0.4, 0.5) is 4.39 Å². The van der Waals surface area contributed by atoms with E-state index in [2.05, 4.69) is 5.16 Å². The molecule has 2 heterocycles. The Kier molecular flexibility index (Phi) is 5.16. The third-order valence-electron chi connectivity index (χ3n) is 4.86. The SMILES string of the molecule is O=C(Cc1noc2ccccc12)N(Cc1ccc(F)cc1)C[C@@H]1CCCO1. The van der Waals surface area contributed by atoms with E-state index in [0.29, 0.717) is 24.4 Å². The summed E-state index contributed by atoms with van der Waals surface area (Å²) in [6.07, 6.45) is 2.16. The summed E-state index contributed by atoms with van der Waals surface area (Å²) in [6, 6.07) is 13.7. The van der Waals surface area contributed by atoms with Crippen LogP contribution in [0.5, 0.6) is 0 Å². The molecule has 0 spiro atoms. The predicted molar refractivity (Wildman–Crippen MR) is 98.5 cm³/mol. The van der Waals surface area contributed by atoms with Crippen LogP contribution in [0.15, 0.2) is 53.1 Å². The van der Waals surface area contributed by atoms with E-state index in [1.165, 1.54) is 12.1 Å². The van der Waals surface area contributed by atoms with Gasteiger partial charge in [0.25, 0.3) is 0 Å². The Morgan fingerprint density at radius 2 is 2.00 bits per heavy atom. The van der Waals surface area contributed by atoms with E-state index >= 15 is 0 Å². The quantitative estimate of drug-likeness (QED) is 0.665. The first-order chi connectivity index (χ1) is 13.2. The molecule has 1 atom stereocenters. The van der Waals surface area contributed by atoms with Crippen molar-refractivity contribution >= 4 is 16.9 Å². The summed E-state index contributed by atoms with van der Waals surface area (Å²) >= 11 is 0. The highest BCUT2D eigenvalue weighted by Gasteiger charge is 2.24. The average molecular weight is 368 g/mol. The number of carbonyl (C=O) groups is 1. The van der Waals surface area contributed by atoms with E-state index in [1.54, 1.807) is 17.0 Å². The van der Waals surface area contributed by atoms with Gasteiger partial charge in [-0.25, -0.2) is 4.39 Å². The summed E-state index contributed by atoms with van der Waals surface area (Å²) in [4.78, 5) is 14.8. The first-order valence-electron chi connectivity index (χ1n) is 9.16. The molecule has 0 bridgehead atoms. The number of nitrogens with zero attached hydrogens (tertiary/aromatic N) is 2. The van der Waals surface area contributed by atoms with Crippen LogP contribution in [-0.4, -0.2) is 35.2 Å². The van der Waals surface area contributed by atoms with Crippen molar-refractivity contribution in [3.05, 3.63) is 65.6 Å². The molecule has 1 aromatic heterocycles. The summed E-state index contributed by atoms with van der Waals surface area (Å²) in [5.41, 5.74) is 2.18. The third-order valence-corrected chi connectivity index (χ3v) is 4.86. The number of amides is 1. The average Bonchev–Trinajstić information content (AvgIpc) is 3.33. The Labute approximate surface area is 156 Å². The van der Waals surface area contributed by atoms with Crippen molar-refractivity contribution < 1.29 is 18.4 Å². The van der Waals surface area contributed by atoms with Crippen LogP contribution in [-0.2, 0) is 22.5 Å². The van der Waals surface area contributed by atoms with E-state index in [1.807, 2.05) is 24.3 Å². The van der Waals surface area contributed by atoms with Gasteiger partial charge in [-0.05, 0) is 42.7 Å². The maximum absolute atomic E-state index is 13.2. The standard InChI is InChI=1S/C21H21FN2O3/c22-16-9-7-15(8-10-16)13-24(14-17-4-3-11-26-17)21(25)12-19-18-5-1-2-6-20(18)27-23-19/h1-2,5-10,17H,3-4,11-14H2/t17-/m0/s1. The largest absolute Gasteiger partial charge is 0.376 e. The molecular weight excluding hydrogens is 347 g/mol. The maximum atomic E-state index is 13.2. The molecule has 4 rings (SSSR count). The molecule has 6 heteroatoms. The highest BCUT2D eigenvalue weighted by Crippen LogP contribution is 2.20. The molecule has 0 N–H and O–H groups in total. The van der Waals surface area contributed by atoms with Crippen molar-refractivity contribution in [3.63, 3.8) is 0 Å². The zero-order valence-electron chi connectivity index (χ0n) is 14.9.